The SMILES string of the molecule is O=C(Nc1nnc([C@@H]2CC(=O)N(c3ccccc3)C2)o1)C1CCCCC1. The van der Waals surface area contributed by atoms with Crippen LogP contribution >= 0.6 is 0 Å². The number of benzene rings is 1. The molecule has 1 saturated heterocycles. The van der Waals surface area contributed by atoms with Gasteiger partial charge in [-0.1, -0.05) is 42.6 Å². The molecular formula is C19H22N4O3. The van der Waals surface area contributed by atoms with Gasteiger partial charge in [-0.2, -0.15) is 0 Å². The Hall–Kier alpha value is -2.70. The Morgan fingerprint density at radius 3 is 2.65 bits per heavy atom. The molecule has 0 unspecified atom stereocenters. The average molecular weight is 354 g/mol. The molecule has 2 fully saturated rings. The molecular weight excluding hydrogens is 332 g/mol. The Labute approximate surface area is 151 Å². The average Bonchev–Trinajstić information content (AvgIpc) is 3.30. The summed E-state index contributed by atoms with van der Waals surface area (Å²) in [5.41, 5.74) is 0.866. The van der Waals surface area contributed by atoms with E-state index in [0.29, 0.717) is 18.9 Å². The highest BCUT2D eigenvalue weighted by Crippen LogP contribution is 2.32. The molecule has 1 atom stereocenters. The number of carbonyl (C=O) groups is 2. The summed E-state index contributed by atoms with van der Waals surface area (Å²) in [4.78, 5) is 26.3. The van der Waals surface area contributed by atoms with Crippen LogP contribution < -0.4 is 10.2 Å². The monoisotopic (exact) mass is 354 g/mol. The van der Waals surface area contributed by atoms with Gasteiger partial charge in [0.15, 0.2) is 0 Å². The van der Waals surface area contributed by atoms with Crippen LogP contribution in [0.15, 0.2) is 34.7 Å². The number of rotatable bonds is 4. The van der Waals surface area contributed by atoms with Gasteiger partial charge in [0.05, 0.1) is 5.92 Å². The van der Waals surface area contributed by atoms with Crippen molar-refractivity contribution in [1.82, 2.24) is 10.2 Å². The van der Waals surface area contributed by atoms with E-state index < -0.39 is 0 Å². The van der Waals surface area contributed by atoms with Crippen LogP contribution in [-0.2, 0) is 9.59 Å². The molecule has 7 nitrogen and oxygen atoms in total. The fourth-order valence-electron chi connectivity index (χ4n) is 3.75. The van der Waals surface area contributed by atoms with Crippen molar-refractivity contribution >= 4 is 23.5 Å². The molecule has 1 N–H and O–H groups in total. The first-order chi connectivity index (χ1) is 12.7. The smallest absolute Gasteiger partial charge is 0.322 e. The van der Waals surface area contributed by atoms with Crippen molar-refractivity contribution in [3.05, 3.63) is 36.2 Å². The van der Waals surface area contributed by atoms with Gasteiger partial charge in [0.25, 0.3) is 0 Å². The largest absolute Gasteiger partial charge is 0.407 e. The molecule has 0 spiro atoms. The maximum atomic E-state index is 12.3. The lowest BCUT2D eigenvalue weighted by molar-refractivity contribution is -0.121. The first kappa shape index (κ1) is 16.8. The highest BCUT2D eigenvalue weighted by atomic mass is 16.4. The highest BCUT2D eigenvalue weighted by molar-refractivity contribution is 5.96. The summed E-state index contributed by atoms with van der Waals surface area (Å²) in [5.74, 6) is 0.257. The number of para-hydroxylation sites is 1. The minimum atomic E-state index is -0.157. The van der Waals surface area contributed by atoms with Crippen LogP contribution in [0.4, 0.5) is 11.7 Å². The zero-order valence-electron chi connectivity index (χ0n) is 14.6. The van der Waals surface area contributed by atoms with E-state index >= 15 is 0 Å². The Balaban J connectivity index is 1.40. The van der Waals surface area contributed by atoms with E-state index in [9.17, 15) is 9.59 Å². The minimum Gasteiger partial charge on any atom is -0.407 e. The van der Waals surface area contributed by atoms with E-state index in [-0.39, 0.29) is 29.7 Å². The predicted molar refractivity (Wildman–Crippen MR) is 95.7 cm³/mol. The van der Waals surface area contributed by atoms with Crippen molar-refractivity contribution in [1.29, 1.82) is 0 Å². The molecule has 1 aliphatic heterocycles. The number of hydrogen-bond donors (Lipinski definition) is 1. The predicted octanol–water partition coefficient (Wildman–Crippen LogP) is 3.11. The second-order valence-corrected chi connectivity index (χ2v) is 7.01. The van der Waals surface area contributed by atoms with Crippen molar-refractivity contribution < 1.29 is 14.0 Å². The standard InChI is InChI=1S/C19H22N4O3/c24-16-11-14(12-23(16)15-9-5-2-6-10-15)18-21-22-19(26-18)20-17(25)13-7-3-1-4-8-13/h2,5-6,9-10,13-14H,1,3-4,7-8,11-12H2,(H,20,22,25)/t14-/m1/s1. The van der Waals surface area contributed by atoms with Gasteiger partial charge in [0, 0.05) is 24.6 Å². The number of aromatic nitrogens is 2. The zero-order valence-corrected chi connectivity index (χ0v) is 14.6. The summed E-state index contributed by atoms with van der Waals surface area (Å²) in [6.07, 6.45) is 5.53. The molecule has 2 heterocycles. The molecule has 0 bridgehead atoms. The highest BCUT2D eigenvalue weighted by Gasteiger charge is 2.35. The van der Waals surface area contributed by atoms with E-state index in [4.69, 9.17) is 4.42 Å². The van der Waals surface area contributed by atoms with Gasteiger partial charge >= 0.3 is 6.01 Å². The summed E-state index contributed by atoms with van der Waals surface area (Å²) in [5, 5.41) is 10.7. The van der Waals surface area contributed by atoms with Crippen LogP contribution in [0.1, 0.15) is 50.3 Å². The Morgan fingerprint density at radius 1 is 1.12 bits per heavy atom. The molecule has 2 aliphatic rings. The number of hydrogen-bond acceptors (Lipinski definition) is 5. The first-order valence-corrected chi connectivity index (χ1v) is 9.20. The maximum absolute atomic E-state index is 12.3. The van der Waals surface area contributed by atoms with E-state index in [2.05, 4.69) is 15.5 Å². The van der Waals surface area contributed by atoms with Crippen molar-refractivity contribution in [2.75, 3.05) is 16.8 Å². The molecule has 2 aromatic rings. The number of carbonyl (C=O) groups excluding carboxylic acids is 2. The third kappa shape index (κ3) is 3.47. The lowest BCUT2D eigenvalue weighted by Crippen LogP contribution is -2.24. The van der Waals surface area contributed by atoms with Gasteiger partial charge in [0.2, 0.25) is 17.7 Å². The van der Waals surface area contributed by atoms with E-state index in [1.165, 1.54) is 6.42 Å². The normalized spacial score (nSPS) is 21.2. The number of amides is 2. The minimum absolute atomic E-state index is 0.0285. The molecule has 2 amide bonds. The number of anilines is 2. The fraction of sp³-hybridized carbons (Fsp3) is 0.474. The van der Waals surface area contributed by atoms with Crippen molar-refractivity contribution in [3.63, 3.8) is 0 Å². The van der Waals surface area contributed by atoms with E-state index in [1.807, 2.05) is 30.3 Å². The molecule has 26 heavy (non-hydrogen) atoms. The molecule has 1 aromatic heterocycles. The summed E-state index contributed by atoms with van der Waals surface area (Å²) < 4.78 is 5.63. The molecule has 4 rings (SSSR count). The fourth-order valence-corrected chi connectivity index (χ4v) is 3.75. The van der Waals surface area contributed by atoms with Crippen molar-refractivity contribution in [3.8, 4) is 0 Å². The lowest BCUT2D eigenvalue weighted by atomic mass is 9.89. The maximum Gasteiger partial charge on any atom is 0.322 e. The lowest BCUT2D eigenvalue weighted by Gasteiger charge is -2.19. The topological polar surface area (TPSA) is 88.3 Å². The van der Waals surface area contributed by atoms with Gasteiger partial charge in [-0.15, -0.1) is 5.10 Å². The van der Waals surface area contributed by atoms with Crippen molar-refractivity contribution in [2.24, 2.45) is 5.92 Å². The first-order valence-electron chi connectivity index (χ1n) is 9.20. The van der Waals surface area contributed by atoms with Crippen LogP contribution in [-0.4, -0.2) is 28.6 Å². The van der Waals surface area contributed by atoms with Crippen LogP contribution in [0.5, 0.6) is 0 Å². The Kier molecular flexibility index (Phi) is 4.69. The van der Waals surface area contributed by atoms with Crippen molar-refractivity contribution in [2.45, 2.75) is 44.4 Å². The zero-order chi connectivity index (χ0) is 17.9. The third-order valence-electron chi connectivity index (χ3n) is 5.19. The van der Waals surface area contributed by atoms with Crippen LogP contribution in [0.2, 0.25) is 0 Å². The van der Waals surface area contributed by atoms with Crippen LogP contribution in [0.3, 0.4) is 0 Å². The summed E-state index contributed by atoms with van der Waals surface area (Å²) >= 11 is 0. The van der Waals surface area contributed by atoms with E-state index in [1.54, 1.807) is 4.90 Å². The van der Waals surface area contributed by atoms with E-state index in [0.717, 1.165) is 31.4 Å². The second kappa shape index (κ2) is 7.27. The van der Waals surface area contributed by atoms with Gasteiger partial charge in [0.1, 0.15) is 0 Å². The Bertz CT molecular complexity index is 783. The summed E-state index contributed by atoms with van der Waals surface area (Å²) in [6.45, 7) is 0.501. The van der Waals surface area contributed by atoms with Gasteiger partial charge in [-0.05, 0) is 25.0 Å². The molecule has 0 radical (unpaired) electrons. The Morgan fingerprint density at radius 2 is 1.88 bits per heavy atom. The second-order valence-electron chi connectivity index (χ2n) is 7.01. The number of nitrogens with zero attached hydrogens (tertiary/aromatic N) is 3. The van der Waals surface area contributed by atoms with Crippen LogP contribution in [0.25, 0.3) is 0 Å². The molecule has 7 heteroatoms. The molecule has 1 saturated carbocycles. The quantitative estimate of drug-likeness (QED) is 0.911. The summed E-state index contributed by atoms with van der Waals surface area (Å²) in [6, 6.07) is 9.67. The van der Waals surface area contributed by atoms with Gasteiger partial charge in [-0.3, -0.25) is 14.9 Å². The molecule has 136 valence electrons. The molecule has 1 aromatic carbocycles. The summed E-state index contributed by atoms with van der Waals surface area (Å²) in [7, 11) is 0. The van der Waals surface area contributed by atoms with Gasteiger partial charge in [-0.25, -0.2) is 0 Å². The third-order valence-corrected chi connectivity index (χ3v) is 5.19. The number of nitrogens with one attached hydrogen (secondary N) is 1. The molecule has 1 aliphatic carbocycles. The van der Waals surface area contributed by atoms with Gasteiger partial charge < -0.3 is 9.32 Å². The van der Waals surface area contributed by atoms with Crippen LogP contribution in [0, 0.1) is 5.92 Å².